The number of nitrogens with zero attached hydrogens (tertiary/aromatic N) is 3. The predicted molar refractivity (Wildman–Crippen MR) is 72.3 cm³/mol. The second-order valence-corrected chi connectivity index (χ2v) is 5.17. The lowest BCUT2D eigenvalue weighted by Gasteiger charge is -2.13. The van der Waals surface area contributed by atoms with Gasteiger partial charge in [-0.3, -0.25) is 0 Å². The van der Waals surface area contributed by atoms with Crippen LogP contribution in [0.5, 0.6) is 0 Å². The van der Waals surface area contributed by atoms with Gasteiger partial charge in [-0.05, 0) is 31.4 Å². The summed E-state index contributed by atoms with van der Waals surface area (Å²) in [5.41, 5.74) is 8.28. The third kappa shape index (κ3) is 2.01. The number of aromatic nitrogens is 3. The molecule has 1 unspecified atom stereocenters. The first-order valence-electron chi connectivity index (χ1n) is 6.89. The third-order valence-corrected chi connectivity index (χ3v) is 3.59. The average molecular weight is 244 g/mol. The van der Waals surface area contributed by atoms with Crippen LogP contribution in [0, 0.1) is 0 Å². The van der Waals surface area contributed by atoms with Gasteiger partial charge in [0.25, 0.3) is 0 Å². The van der Waals surface area contributed by atoms with E-state index in [-0.39, 0.29) is 6.04 Å². The van der Waals surface area contributed by atoms with Crippen LogP contribution in [0.15, 0.2) is 18.3 Å². The van der Waals surface area contributed by atoms with Crippen LogP contribution in [0.25, 0.3) is 11.2 Å². The molecule has 1 aliphatic carbocycles. The minimum Gasteiger partial charge on any atom is -0.321 e. The highest BCUT2D eigenvalue weighted by Gasteiger charge is 2.30. The van der Waals surface area contributed by atoms with E-state index in [9.17, 15) is 0 Å². The highest BCUT2D eigenvalue weighted by molar-refractivity contribution is 5.71. The molecule has 18 heavy (non-hydrogen) atoms. The van der Waals surface area contributed by atoms with Gasteiger partial charge >= 0.3 is 0 Å². The lowest BCUT2D eigenvalue weighted by molar-refractivity contribution is 0.542. The summed E-state index contributed by atoms with van der Waals surface area (Å²) in [6, 6.07) is 4.58. The Morgan fingerprint density at radius 2 is 2.33 bits per heavy atom. The Hall–Kier alpha value is -1.42. The lowest BCUT2D eigenvalue weighted by atomic mass is 10.1. The molecule has 1 saturated carbocycles. The molecule has 2 aromatic rings. The highest BCUT2D eigenvalue weighted by Crippen LogP contribution is 2.39. The van der Waals surface area contributed by atoms with E-state index >= 15 is 0 Å². The molecule has 2 heterocycles. The molecule has 96 valence electrons. The number of hydrogen-bond acceptors (Lipinski definition) is 3. The van der Waals surface area contributed by atoms with Crippen molar-refractivity contribution in [3.63, 3.8) is 0 Å². The maximum atomic E-state index is 6.30. The van der Waals surface area contributed by atoms with Crippen molar-refractivity contribution in [3.8, 4) is 0 Å². The van der Waals surface area contributed by atoms with Crippen LogP contribution in [-0.4, -0.2) is 14.5 Å². The Morgan fingerprint density at radius 1 is 1.50 bits per heavy atom. The summed E-state index contributed by atoms with van der Waals surface area (Å²) in [4.78, 5) is 9.17. The summed E-state index contributed by atoms with van der Waals surface area (Å²) in [6.07, 6.45) is 7.64. The van der Waals surface area contributed by atoms with E-state index in [0.717, 1.165) is 29.8 Å². The SMILES string of the molecule is CCCCC(N)c1nc2cccnc2n1C1CC1. The maximum absolute atomic E-state index is 6.30. The highest BCUT2D eigenvalue weighted by atomic mass is 15.2. The zero-order valence-electron chi connectivity index (χ0n) is 10.8. The average Bonchev–Trinajstić information content (AvgIpc) is 3.15. The van der Waals surface area contributed by atoms with Crippen LogP contribution in [-0.2, 0) is 0 Å². The van der Waals surface area contributed by atoms with Gasteiger partial charge in [0.05, 0.1) is 6.04 Å². The fourth-order valence-electron chi connectivity index (χ4n) is 2.45. The Labute approximate surface area is 107 Å². The first-order chi connectivity index (χ1) is 8.81. The molecule has 2 aromatic heterocycles. The quantitative estimate of drug-likeness (QED) is 0.879. The summed E-state index contributed by atoms with van der Waals surface area (Å²) in [5.74, 6) is 1.03. The van der Waals surface area contributed by atoms with Crippen molar-refractivity contribution in [1.29, 1.82) is 0 Å². The number of nitrogens with two attached hydrogens (primary N) is 1. The minimum absolute atomic E-state index is 0.0414. The lowest BCUT2D eigenvalue weighted by Crippen LogP contribution is -2.16. The van der Waals surface area contributed by atoms with Crippen LogP contribution >= 0.6 is 0 Å². The molecular weight excluding hydrogens is 224 g/mol. The van der Waals surface area contributed by atoms with Gasteiger partial charge in [0, 0.05) is 12.2 Å². The molecule has 2 N–H and O–H groups in total. The minimum atomic E-state index is 0.0414. The van der Waals surface area contributed by atoms with E-state index in [1.165, 1.54) is 19.3 Å². The predicted octanol–water partition coefficient (Wildman–Crippen LogP) is 2.96. The number of fused-ring (bicyclic) bond motifs is 1. The second kappa shape index (κ2) is 4.69. The van der Waals surface area contributed by atoms with E-state index in [2.05, 4.69) is 16.5 Å². The van der Waals surface area contributed by atoms with E-state index < -0.39 is 0 Å². The zero-order chi connectivity index (χ0) is 12.5. The van der Waals surface area contributed by atoms with Gasteiger partial charge in [0.2, 0.25) is 0 Å². The topological polar surface area (TPSA) is 56.7 Å². The summed E-state index contributed by atoms with van der Waals surface area (Å²) in [7, 11) is 0. The fraction of sp³-hybridized carbons (Fsp3) is 0.571. The molecule has 1 aliphatic rings. The van der Waals surface area contributed by atoms with Gasteiger partial charge in [-0.2, -0.15) is 0 Å². The zero-order valence-corrected chi connectivity index (χ0v) is 10.8. The number of hydrogen-bond donors (Lipinski definition) is 1. The van der Waals surface area contributed by atoms with Crippen LogP contribution in [0.4, 0.5) is 0 Å². The number of pyridine rings is 1. The Kier molecular flexibility index (Phi) is 3.04. The first kappa shape index (κ1) is 11.7. The van der Waals surface area contributed by atoms with Crippen LogP contribution in [0.1, 0.15) is 56.9 Å². The maximum Gasteiger partial charge on any atom is 0.160 e. The molecule has 4 heteroatoms. The Morgan fingerprint density at radius 3 is 3.06 bits per heavy atom. The standard InChI is InChI=1S/C14H20N4/c1-2-3-5-11(15)13-17-12-6-4-9-16-14(12)18(13)10-7-8-10/h4,6,9-11H,2-3,5,7-8,15H2,1H3. The Balaban J connectivity index is 2.01. The summed E-state index contributed by atoms with van der Waals surface area (Å²) < 4.78 is 2.27. The van der Waals surface area contributed by atoms with Crippen molar-refractivity contribution in [2.75, 3.05) is 0 Å². The molecular formula is C14H20N4. The smallest absolute Gasteiger partial charge is 0.160 e. The van der Waals surface area contributed by atoms with E-state index in [0.29, 0.717) is 6.04 Å². The summed E-state index contributed by atoms with van der Waals surface area (Å²) in [6.45, 7) is 2.19. The van der Waals surface area contributed by atoms with Gasteiger partial charge in [-0.25, -0.2) is 9.97 Å². The third-order valence-electron chi connectivity index (χ3n) is 3.59. The van der Waals surface area contributed by atoms with Crippen molar-refractivity contribution in [3.05, 3.63) is 24.2 Å². The van der Waals surface area contributed by atoms with Crippen molar-refractivity contribution in [1.82, 2.24) is 14.5 Å². The molecule has 0 spiro atoms. The van der Waals surface area contributed by atoms with E-state index in [1.54, 1.807) is 0 Å². The van der Waals surface area contributed by atoms with Crippen molar-refractivity contribution >= 4 is 11.2 Å². The first-order valence-corrected chi connectivity index (χ1v) is 6.89. The molecule has 0 radical (unpaired) electrons. The Bertz CT molecular complexity index is 542. The molecule has 0 aliphatic heterocycles. The van der Waals surface area contributed by atoms with Gasteiger partial charge < -0.3 is 10.3 Å². The number of unbranched alkanes of at least 4 members (excludes halogenated alkanes) is 1. The molecule has 1 fully saturated rings. The largest absolute Gasteiger partial charge is 0.321 e. The molecule has 1 atom stereocenters. The molecule has 0 bridgehead atoms. The molecule has 0 saturated heterocycles. The van der Waals surface area contributed by atoms with Gasteiger partial charge in [0.15, 0.2) is 5.65 Å². The molecule has 4 nitrogen and oxygen atoms in total. The summed E-state index contributed by atoms with van der Waals surface area (Å²) in [5, 5.41) is 0. The number of rotatable bonds is 5. The molecule has 0 aromatic carbocycles. The van der Waals surface area contributed by atoms with Crippen molar-refractivity contribution in [2.45, 2.75) is 51.1 Å². The van der Waals surface area contributed by atoms with Crippen molar-refractivity contribution in [2.24, 2.45) is 5.73 Å². The van der Waals surface area contributed by atoms with Gasteiger partial charge in [0.1, 0.15) is 11.3 Å². The van der Waals surface area contributed by atoms with Crippen LogP contribution in [0.3, 0.4) is 0 Å². The van der Waals surface area contributed by atoms with Crippen LogP contribution < -0.4 is 5.73 Å². The van der Waals surface area contributed by atoms with Crippen molar-refractivity contribution < 1.29 is 0 Å². The normalized spacial score (nSPS) is 17.2. The van der Waals surface area contributed by atoms with E-state index in [4.69, 9.17) is 10.7 Å². The van der Waals surface area contributed by atoms with E-state index in [1.807, 2.05) is 18.3 Å². The van der Waals surface area contributed by atoms with Crippen LogP contribution in [0.2, 0.25) is 0 Å². The van der Waals surface area contributed by atoms with Gasteiger partial charge in [-0.15, -0.1) is 0 Å². The second-order valence-electron chi connectivity index (χ2n) is 5.17. The monoisotopic (exact) mass is 244 g/mol. The number of imidazole rings is 1. The summed E-state index contributed by atoms with van der Waals surface area (Å²) >= 11 is 0. The molecule has 0 amide bonds. The van der Waals surface area contributed by atoms with Gasteiger partial charge in [-0.1, -0.05) is 19.8 Å². The fourth-order valence-corrected chi connectivity index (χ4v) is 2.45. The molecule has 3 rings (SSSR count).